The molecule has 4 aromatic rings. The number of nitrogens with zero attached hydrogens (tertiary/aromatic N) is 3. The predicted octanol–water partition coefficient (Wildman–Crippen LogP) is 3.57. The summed E-state index contributed by atoms with van der Waals surface area (Å²) in [4.78, 5) is 21.4. The Labute approximate surface area is 151 Å². The Bertz CT molecular complexity index is 1060. The number of carbonyl (C=O) groups is 1. The smallest absolute Gasteiger partial charge is 0.253 e. The molecule has 0 fully saturated rings. The molecule has 0 aliphatic carbocycles. The van der Waals surface area contributed by atoms with Crippen LogP contribution in [-0.4, -0.2) is 20.4 Å². The number of rotatable bonds is 4. The average Bonchev–Trinajstić information content (AvgIpc) is 3.08. The van der Waals surface area contributed by atoms with E-state index in [-0.39, 0.29) is 5.91 Å². The molecule has 2 aromatic heterocycles. The van der Waals surface area contributed by atoms with Crippen molar-refractivity contribution in [3.05, 3.63) is 84.4 Å². The van der Waals surface area contributed by atoms with Gasteiger partial charge in [-0.25, -0.2) is 4.98 Å². The standard InChI is InChI=1S/C21H18N4O/c1-25-14-24-19-11-17(16-7-3-2-4-8-16)10-18(20(19)25)21(26)23-13-15-6-5-9-22-12-15/h2-12,14H,13H2,1H3,(H,23,26). The minimum Gasteiger partial charge on any atom is -0.348 e. The van der Waals surface area contributed by atoms with E-state index in [1.54, 1.807) is 18.7 Å². The Kier molecular flexibility index (Phi) is 4.19. The number of amides is 1. The maximum absolute atomic E-state index is 12.9. The number of benzene rings is 2. The zero-order valence-electron chi connectivity index (χ0n) is 14.4. The van der Waals surface area contributed by atoms with Crippen molar-refractivity contribution in [3.63, 3.8) is 0 Å². The molecule has 0 radical (unpaired) electrons. The van der Waals surface area contributed by atoms with Gasteiger partial charge in [0.05, 0.1) is 22.9 Å². The first-order valence-electron chi connectivity index (χ1n) is 8.40. The molecule has 1 amide bonds. The molecule has 2 aromatic carbocycles. The van der Waals surface area contributed by atoms with Crippen LogP contribution in [0.4, 0.5) is 0 Å². The summed E-state index contributed by atoms with van der Waals surface area (Å²) in [6, 6.07) is 17.7. The van der Waals surface area contributed by atoms with Crippen molar-refractivity contribution in [2.45, 2.75) is 6.54 Å². The third kappa shape index (κ3) is 3.07. The van der Waals surface area contributed by atoms with E-state index in [1.807, 2.05) is 66.2 Å². The summed E-state index contributed by atoms with van der Waals surface area (Å²) in [5, 5.41) is 2.98. The van der Waals surface area contributed by atoms with Gasteiger partial charge in [-0.15, -0.1) is 0 Å². The van der Waals surface area contributed by atoms with Crippen LogP contribution in [0.5, 0.6) is 0 Å². The lowest BCUT2D eigenvalue weighted by Gasteiger charge is -2.10. The monoisotopic (exact) mass is 342 g/mol. The van der Waals surface area contributed by atoms with E-state index < -0.39 is 0 Å². The Morgan fingerprint density at radius 3 is 2.69 bits per heavy atom. The highest BCUT2D eigenvalue weighted by Crippen LogP contribution is 2.27. The van der Waals surface area contributed by atoms with Crippen molar-refractivity contribution in [2.75, 3.05) is 0 Å². The molecule has 0 aliphatic rings. The molecule has 5 nitrogen and oxygen atoms in total. The number of hydrogen-bond donors (Lipinski definition) is 1. The van der Waals surface area contributed by atoms with E-state index in [2.05, 4.69) is 15.3 Å². The Hall–Kier alpha value is -3.47. The van der Waals surface area contributed by atoms with E-state index in [1.165, 1.54) is 0 Å². The molecule has 1 N–H and O–H groups in total. The second-order valence-electron chi connectivity index (χ2n) is 6.16. The van der Waals surface area contributed by atoms with E-state index in [9.17, 15) is 4.79 Å². The lowest BCUT2D eigenvalue weighted by atomic mass is 10.0. The second-order valence-corrected chi connectivity index (χ2v) is 6.16. The summed E-state index contributed by atoms with van der Waals surface area (Å²) in [7, 11) is 1.90. The first kappa shape index (κ1) is 16.0. The van der Waals surface area contributed by atoms with Gasteiger partial charge in [0.2, 0.25) is 0 Å². The molecule has 0 spiro atoms. The lowest BCUT2D eigenvalue weighted by Crippen LogP contribution is -2.23. The quantitative estimate of drug-likeness (QED) is 0.617. The van der Waals surface area contributed by atoms with E-state index in [0.29, 0.717) is 12.1 Å². The number of nitrogens with one attached hydrogen (secondary N) is 1. The van der Waals surface area contributed by atoms with Crippen molar-refractivity contribution >= 4 is 16.9 Å². The average molecular weight is 342 g/mol. The molecule has 0 saturated carbocycles. The Balaban J connectivity index is 1.72. The minimum absolute atomic E-state index is 0.125. The van der Waals surface area contributed by atoms with Gasteiger partial charge in [0.1, 0.15) is 0 Å². The highest BCUT2D eigenvalue weighted by Gasteiger charge is 2.16. The molecule has 0 aliphatic heterocycles. The first-order valence-corrected chi connectivity index (χ1v) is 8.40. The summed E-state index contributed by atoms with van der Waals surface area (Å²) in [5.41, 5.74) is 5.24. The maximum Gasteiger partial charge on any atom is 0.253 e. The number of carbonyl (C=O) groups excluding carboxylic acids is 1. The number of aryl methyl sites for hydroxylation is 1. The SMILES string of the molecule is Cn1cnc2cc(-c3ccccc3)cc(C(=O)NCc3cccnc3)c21. The minimum atomic E-state index is -0.125. The van der Waals surface area contributed by atoms with Crippen LogP contribution >= 0.6 is 0 Å². The molecular weight excluding hydrogens is 324 g/mol. The van der Waals surface area contributed by atoms with Crippen molar-refractivity contribution < 1.29 is 4.79 Å². The topological polar surface area (TPSA) is 59.8 Å². The van der Waals surface area contributed by atoms with Crippen LogP contribution in [-0.2, 0) is 13.6 Å². The highest BCUT2D eigenvalue weighted by molar-refractivity contribution is 6.06. The van der Waals surface area contributed by atoms with Crippen LogP contribution in [0.2, 0.25) is 0 Å². The van der Waals surface area contributed by atoms with Gasteiger partial charge in [-0.2, -0.15) is 0 Å². The summed E-state index contributed by atoms with van der Waals surface area (Å²) in [6.45, 7) is 0.432. The van der Waals surface area contributed by atoms with Crippen LogP contribution in [0.1, 0.15) is 15.9 Å². The van der Waals surface area contributed by atoms with E-state index in [4.69, 9.17) is 0 Å². The van der Waals surface area contributed by atoms with E-state index in [0.717, 1.165) is 27.7 Å². The van der Waals surface area contributed by atoms with Gasteiger partial charge < -0.3 is 9.88 Å². The van der Waals surface area contributed by atoms with Crippen molar-refractivity contribution in [2.24, 2.45) is 7.05 Å². The van der Waals surface area contributed by atoms with Crippen LogP contribution in [0.15, 0.2) is 73.3 Å². The number of fused-ring (bicyclic) bond motifs is 1. The number of hydrogen-bond acceptors (Lipinski definition) is 3. The fourth-order valence-electron chi connectivity index (χ4n) is 3.05. The van der Waals surface area contributed by atoms with Crippen LogP contribution in [0.3, 0.4) is 0 Å². The van der Waals surface area contributed by atoms with Crippen LogP contribution < -0.4 is 5.32 Å². The molecule has 128 valence electrons. The summed E-state index contributed by atoms with van der Waals surface area (Å²) < 4.78 is 1.88. The Morgan fingerprint density at radius 2 is 1.92 bits per heavy atom. The maximum atomic E-state index is 12.9. The van der Waals surface area contributed by atoms with Crippen molar-refractivity contribution in [1.82, 2.24) is 19.9 Å². The molecular formula is C21H18N4O. The predicted molar refractivity (Wildman–Crippen MR) is 102 cm³/mol. The molecule has 0 saturated heterocycles. The third-order valence-electron chi connectivity index (χ3n) is 4.34. The normalized spacial score (nSPS) is 10.8. The van der Waals surface area contributed by atoms with Crippen molar-refractivity contribution in [1.29, 1.82) is 0 Å². The molecule has 0 bridgehead atoms. The zero-order chi connectivity index (χ0) is 17.9. The molecule has 4 rings (SSSR count). The van der Waals surface area contributed by atoms with Gasteiger partial charge in [-0.05, 0) is 34.9 Å². The zero-order valence-corrected chi connectivity index (χ0v) is 14.4. The fourth-order valence-corrected chi connectivity index (χ4v) is 3.05. The first-order chi connectivity index (χ1) is 12.7. The van der Waals surface area contributed by atoms with Gasteiger partial charge >= 0.3 is 0 Å². The van der Waals surface area contributed by atoms with Crippen LogP contribution in [0.25, 0.3) is 22.2 Å². The van der Waals surface area contributed by atoms with Crippen LogP contribution in [0, 0.1) is 0 Å². The molecule has 26 heavy (non-hydrogen) atoms. The van der Waals surface area contributed by atoms with Crippen molar-refractivity contribution in [3.8, 4) is 11.1 Å². The van der Waals surface area contributed by atoms with Gasteiger partial charge in [0.25, 0.3) is 5.91 Å². The fraction of sp³-hybridized carbons (Fsp3) is 0.0952. The van der Waals surface area contributed by atoms with E-state index >= 15 is 0 Å². The summed E-state index contributed by atoms with van der Waals surface area (Å²) in [6.07, 6.45) is 5.20. The molecule has 2 heterocycles. The summed E-state index contributed by atoms with van der Waals surface area (Å²) >= 11 is 0. The van der Waals surface area contributed by atoms with Gasteiger partial charge in [0.15, 0.2) is 0 Å². The number of aromatic nitrogens is 3. The highest BCUT2D eigenvalue weighted by atomic mass is 16.1. The molecule has 5 heteroatoms. The largest absolute Gasteiger partial charge is 0.348 e. The second kappa shape index (κ2) is 6.80. The number of pyridine rings is 1. The van der Waals surface area contributed by atoms with Gasteiger partial charge in [-0.3, -0.25) is 9.78 Å². The third-order valence-corrected chi connectivity index (χ3v) is 4.34. The number of imidazole rings is 1. The lowest BCUT2D eigenvalue weighted by molar-refractivity contribution is 0.0952. The van der Waals surface area contributed by atoms with Gasteiger partial charge in [-0.1, -0.05) is 36.4 Å². The Morgan fingerprint density at radius 1 is 1.08 bits per heavy atom. The molecule has 0 unspecified atom stereocenters. The molecule has 0 atom stereocenters. The summed E-state index contributed by atoms with van der Waals surface area (Å²) in [5.74, 6) is -0.125. The van der Waals surface area contributed by atoms with Gasteiger partial charge in [0, 0.05) is 26.0 Å².